The number of hydrogen-bond acceptors (Lipinski definition) is 5. The summed E-state index contributed by atoms with van der Waals surface area (Å²) in [5.74, 6) is 0.840. The van der Waals surface area contributed by atoms with E-state index in [1.54, 1.807) is 4.31 Å². The second kappa shape index (κ2) is 7.73. The Morgan fingerprint density at radius 3 is 2.26 bits per heavy atom. The molecule has 6 nitrogen and oxygen atoms in total. The van der Waals surface area contributed by atoms with Crippen molar-refractivity contribution in [2.24, 2.45) is 0 Å². The highest BCUT2D eigenvalue weighted by molar-refractivity contribution is 7.89. The van der Waals surface area contributed by atoms with Crippen LogP contribution in [0.2, 0.25) is 0 Å². The summed E-state index contributed by atoms with van der Waals surface area (Å²) in [6.07, 6.45) is 0.812. The van der Waals surface area contributed by atoms with Gasteiger partial charge in [-0.2, -0.15) is 4.31 Å². The van der Waals surface area contributed by atoms with E-state index in [2.05, 4.69) is 10.1 Å². The third kappa shape index (κ3) is 4.10. The van der Waals surface area contributed by atoms with Crippen LogP contribution >= 0.6 is 0 Å². The van der Waals surface area contributed by atoms with Crippen molar-refractivity contribution in [3.63, 3.8) is 0 Å². The molecule has 2 heterocycles. The third-order valence-electron chi connectivity index (χ3n) is 5.31. The lowest BCUT2D eigenvalue weighted by Gasteiger charge is -2.23. The van der Waals surface area contributed by atoms with Gasteiger partial charge in [-0.05, 0) is 58.7 Å². The summed E-state index contributed by atoms with van der Waals surface area (Å²) in [6, 6.07) is 3.89. The predicted octanol–water partition coefficient (Wildman–Crippen LogP) is 3.11. The summed E-state index contributed by atoms with van der Waals surface area (Å²) < 4.78 is 33.5. The van der Waals surface area contributed by atoms with Gasteiger partial charge in [-0.25, -0.2) is 8.42 Å². The predicted molar refractivity (Wildman–Crippen MR) is 105 cm³/mol. The molecule has 0 unspecified atom stereocenters. The van der Waals surface area contributed by atoms with Gasteiger partial charge < -0.3 is 4.52 Å². The molecule has 148 valence electrons. The Morgan fingerprint density at radius 2 is 1.67 bits per heavy atom. The Morgan fingerprint density at radius 1 is 1.00 bits per heavy atom. The van der Waals surface area contributed by atoms with Crippen molar-refractivity contribution in [2.45, 2.75) is 52.5 Å². The molecule has 7 heteroatoms. The Balaban J connectivity index is 1.78. The summed E-state index contributed by atoms with van der Waals surface area (Å²) in [4.78, 5) is 2.75. The van der Waals surface area contributed by atoms with Crippen molar-refractivity contribution in [1.29, 1.82) is 0 Å². The molecule has 0 saturated carbocycles. The first-order chi connectivity index (χ1) is 12.7. The second-order valence-electron chi connectivity index (χ2n) is 7.56. The molecule has 0 aliphatic carbocycles. The quantitative estimate of drug-likeness (QED) is 0.801. The summed E-state index contributed by atoms with van der Waals surface area (Å²) in [5.41, 5.74) is 4.75. The van der Waals surface area contributed by atoms with Crippen molar-refractivity contribution >= 4 is 10.0 Å². The first-order valence-electron chi connectivity index (χ1n) is 9.42. The van der Waals surface area contributed by atoms with Crippen LogP contribution in [0.1, 0.15) is 40.1 Å². The molecule has 27 heavy (non-hydrogen) atoms. The zero-order chi connectivity index (χ0) is 19.8. The van der Waals surface area contributed by atoms with E-state index in [-0.39, 0.29) is 0 Å². The maximum atomic E-state index is 13.3. The van der Waals surface area contributed by atoms with E-state index >= 15 is 0 Å². The van der Waals surface area contributed by atoms with Crippen LogP contribution in [0, 0.1) is 34.6 Å². The Bertz CT molecular complexity index is 891. The molecular formula is C20H29N3O3S. The van der Waals surface area contributed by atoms with E-state index in [4.69, 9.17) is 4.52 Å². The maximum absolute atomic E-state index is 13.3. The molecule has 3 rings (SSSR count). The van der Waals surface area contributed by atoms with Gasteiger partial charge in [0.25, 0.3) is 0 Å². The molecule has 0 bridgehead atoms. The van der Waals surface area contributed by atoms with E-state index in [1.807, 2.05) is 46.8 Å². The first-order valence-corrected chi connectivity index (χ1v) is 10.9. The summed E-state index contributed by atoms with van der Waals surface area (Å²) >= 11 is 0. The zero-order valence-corrected chi connectivity index (χ0v) is 17.7. The molecule has 1 saturated heterocycles. The average Bonchev–Trinajstić information content (AvgIpc) is 2.76. The fourth-order valence-electron chi connectivity index (χ4n) is 4.00. The van der Waals surface area contributed by atoms with E-state index in [0.29, 0.717) is 24.5 Å². The van der Waals surface area contributed by atoms with Crippen molar-refractivity contribution in [3.05, 3.63) is 45.8 Å². The first kappa shape index (κ1) is 20.0. The minimum Gasteiger partial charge on any atom is -0.361 e. The summed E-state index contributed by atoms with van der Waals surface area (Å²) in [7, 11) is -3.49. The third-order valence-corrected chi connectivity index (χ3v) is 7.52. The number of rotatable bonds is 4. The second-order valence-corrected chi connectivity index (χ2v) is 9.44. The van der Waals surface area contributed by atoms with Crippen LogP contribution in [0.25, 0.3) is 0 Å². The number of aromatic nitrogens is 1. The van der Waals surface area contributed by atoms with Gasteiger partial charge in [-0.1, -0.05) is 22.9 Å². The number of benzene rings is 1. The van der Waals surface area contributed by atoms with E-state index in [0.717, 1.165) is 53.2 Å². The van der Waals surface area contributed by atoms with Crippen molar-refractivity contribution in [3.8, 4) is 0 Å². The van der Waals surface area contributed by atoms with Crippen LogP contribution in [0.15, 0.2) is 21.6 Å². The Hall–Kier alpha value is -1.70. The molecule has 1 aliphatic rings. The summed E-state index contributed by atoms with van der Waals surface area (Å²) in [5, 5.41) is 4.02. The van der Waals surface area contributed by atoms with Gasteiger partial charge in [0.15, 0.2) is 0 Å². The van der Waals surface area contributed by atoms with Gasteiger partial charge in [0, 0.05) is 31.7 Å². The SMILES string of the molecule is Cc1cc(C)c(S(=O)(=O)N2CCCN(Cc3c(C)noc3C)CC2)c(C)c1. The number of hydrogen-bond donors (Lipinski definition) is 0. The van der Waals surface area contributed by atoms with Gasteiger partial charge >= 0.3 is 0 Å². The molecule has 0 radical (unpaired) electrons. The minimum absolute atomic E-state index is 0.465. The lowest BCUT2D eigenvalue weighted by molar-refractivity contribution is 0.276. The molecule has 2 aromatic rings. The van der Waals surface area contributed by atoms with E-state index in [1.165, 1.54) is 0 Å². The number of sulfonamides is 1. The molecule has 1 aromatic heterocycles. The standard InChI is InChI=1S/C20H29N3O3S/c1-14-11-15(2)20(16(3)12-14)27(24,25)23-8-6-7-22(9-10-23)13-19-17(4)21-26-18(19)5/h11-12H,6-10,13H2,1-5H3. The van der Waals surface area contributed by atoms with Crippen LogP contribution in [0.3, 0.4) is 0 Å². The Labute approximate surface area is 162 Å². The van der Waals surface area contributed by atoms with Gasteiger partial charge in [0.2, 0.25) is 10.0 Å². The van der Waals surface area contributed by atoms with Gasteiger partial charge in [-0.15, -0.1) is 0 Å². The van der Waals surface area contributed by atoms with Crippen LogP contribution in [0.5, 0.6) is 0 Å². The molecule has 0 amide bonds. The lowest BCUT2D eigenvalue weighted by Crippen LogP contribution is -2.35. The van der Waals surface area contributed by atoms with Crippen LogP contribution in [-0.4, -0.2) is 49.0 Å². The van der Waals surface area contributed by atoms with E-state index in [9.17, 15) is 8.42 Å². The highest BCUT2D eigenvalue weighted by Gasteiger charge is 2.30. The molecule has 0 N–H and O–H groups in total. The normalized spacial score (nSPS) is 17.2. The molecule has 1 aromatic carbocycles. The van der Waals surface area contributed by atoms with Crippen LogP contribution < -0.4 is 0 Å². The smallest absolute Gasteiger partial charge is 0.243 e. The lowest BCUT2D eigenvalue weighted by atomic mass is 10.1. The van der Waals surface area contributed by atoms with Crippen LogP contribution in [0.4, 0.5) is 0 Å². The van der Waals surface area contributed by atoms with E-state index < -0.39 is 10.0 Å². The average molecular weight is 392 g/mol. The van der Waals surface area contributed by atoms with Gasteiger partial charge in [0.1, 0.15) is 5.76 Å². The topological polar surface area (TPSA) is 66.7 Å². The zero-order valence-electron chi connectivity index (χ0n) is 16.9. The van der Waals surface area contributed by atoms with Crippen LogP contribution in [-0.2, 0) is 16.6 Å². The largest absolute Gasteiger partial charge is 0.361 e. The monoisotopic (exact) mass is 391 g/mol. The number of aryl methyl sites for hydroxylation is 5. The minimum atomic E-state index is -3.49. The molecule has 1 aliphatic heterocycles. The van der Waals surface area contributed by atoms with Crippen molar-refractivity contribution in [1.82, 2.24) is 14.4 Å². The molecule has 0 spiro atoms. The highest BCUT2D eigenvalue weighted by atomic mass is 32.2. The fourth-order valence-corrected chi connectivity index (χ4v) is 5.88. The van der Waals surface area contributed by atoms with Gasteiger partial charge in [-0.3, -0.25) is 4.90 Å². The Kier molecular flexibility index (Phi) is 5.74. The molecule has 1 fully saturated rings. The van der Waals surface area contributed by atoms with Gasteiger partial charge in [0.05, 0.1) is 10.6 Å². The van der Waals surface area contributed by atoms with Crippen molar-refractivity contribution in [2.75, 3.05) is 26.2 Å². The molecular weight excluding hydrogens is 362 g/mol. The van der Waals surface area contributed by atoms with Crippen molar-refractivity contribution < 1.29 is 12.9 Å². The molecule has 0 atom stereocenters. The highest BCUT2D eigenvalue weighted by Crippen LogP contribution is 2.26. The summed E-state index contributed by atoms with van der Waals surface area (Å²) in [6.45, 7) is 13.0. The maximum Gasteiger partial charge on any atom is 0.243 e. The number of nitrogens with zero attached hydrogens (tertiary/aromatic N) is 3. The fraction of sp³-hybridized carbons (Fsp3) is 0.550.